The molecule has 0 amide bonds. The summed E-state index contributed by atoms with van der Waals surface area (Å²) in [5.74, 6) is 3.44. The molecule has 3 aliphatic carbocycles. The molecular formula is C81H93N21O6. The number of hydrogen-bond donors (Lipinski definition) is 3. The normalized spacial score (nSPS) is 15.8. The molecule has 3 aromatic carbocycles. The van der Waals surface area contributed by atoms with Gasteiger partial charge in [0, 0.05) is 111 Å². The van der Waals surface area contributed by atoms with Crippen molar-refractivity contribution in [2.75, 3.05) is 16.0 Å². The molecule has 0 radical (unpaired) electrons. The summed E-state index contributed by atoms with van der Waals surface area (Å²) in [4.78, 5) is 66.2. The van der Waals surface area contributed by atoms with Crippen molar-refractivity contribution in [2.45, 2.75) is 193 Å². The molecular weight excluding hydrogens is 1360 g/mol. The molecule has 3 N–H and O–H groups in total. The summed E-state index contributed by atoms with van der Waals surface area (Å²) in [6, 6.07) is 25.1. The lowest BCUT2D eigenvalue weighted by Gasteiger charge is -2.17. The monoisotopic (exact) mass is 1460 g/mol. The van der Waals surface area contributed by atoms with Gasteiger partial charge in [-0.25, -0.2) is 29.9 Å². The van der Waals surface area contributed by atoms with Gasteiger partial charge in [-0.3, -0.25) is 28.4 Å². The third kappa shape index (κ3) is 18.6. The van der Waals surface area contributed by atoms with E-state index in [2.05, 4.69) is 131 Å². The fourth-order valence-electron chi connectivity index (χ4n) is 13.8. The van der Waals surface area contributed by atoms with Crippen molar-refractivity contribution in [3.05, 3.63) is 197 Å². The standard InChI is InChI=1S/3C27H31N7O2/c3*1-27(2,3)25-33-32-24(36-25)23(35)14-18-8-6-5-7-17-13-19(9-10-21(17)18)22-11-12-28-26(31-22)30-20-15-29-34(4)16-20/h3*9-13,15-16,18H,5-8,14H2,1-4H3,(H,28,30,31)/t2*18-;/m10./s1. The minimum absolute atomic E-state index is 0.0955. The molecule has 12 aromatic rings. The molecule has 0 aliphatic heterocycles. The molecule has 9 aromatic heterocycles. The average Bonchev–Trinajstić information content (AvgIpc) is 1.34. The molecule has 9 heterocycles. The van der Waals surface area contributed by atoms with Crippen molar-refractivity contribution in [2.24, 2.45) is 21.1 Å². The summed E-state index contributed by atoms with van der Waals surface area (Å²) in [6.45, 7) is 17.9. The first kappa shape index (κ1) is 74.6. The van der Waals surface area contributed by atoms with Crippen molar-refractivity contribution in [1.82, 2.24) is 89.8 Å². The molecule has 0 fully saturated rings. The minimum Gasteiger partial charge on any atom is -0.418 e. The maximum Gasteiger partial charge on any atom is 0.284 e. The number of Topliss-reactive ketones (excluding diaryl/α,β-unsaturated/α-hetero) is 3. The number of carbonyl (C=O) groups is 3. The molecule has 108 heavy (non-hydrogen) atoms. The van der Waals surface area contributed by atoms with Crippen LogP contribution in [0.3, 0.4) is 0 Å². The van der Waals surface area contributed by atoms with Gasteiger partial charge in [-0.05, 0) is 145 Å². The van der Waals surface area contributed by atoms with E-state index in [0.717, 1.165) is 128 Å². The number of anilines is 6. The SMILES string of the molecule is Cn1cc(Nc2nccc(-c3ccc4c(c3)CCCCC4CC(=O)c3nnc(C(C)(C)C)o3)n2)cn1.Cn1cc(Nc2nccc(-c3ccc4c(c3)CCCC[C@@H]4CC(=O)c3nnc(C(C)(C)C)o3)n2)cn1.Cn1cc(Nc2nccc(-c3ccc4c(c3)CCCC[C@H]4CC(=O)c3nnc(C(C)(C)C)o3)n2)cn1. The molecule has 27 heteroatoms. The lowest BCUT2D eigenvalue weighted by Crippen LogP contribution is -2.11. The van der Waals surface area contributed by atoms with Crippen molar-refractivity contribution < 1.29 is 27.6 Å². The average molecular weight is 1460 g/mol. The summed E-state index contributed by atoms with van der Waals surface area (Å²) in [6.07, 6.45) is 29.5. The molecule has 1 unspecified atom stereocenters. The highest BCUT2D eigenvalue weighted by Crippen LogP contribution is 2.40. The highest BCUT2D eigenvalue weighted by atomic mass is 16.4. The molecule has 0 saturated heterocycles. The first-order valence-corrected chi connectivity index (χ1v) is 37.1. The quantitative estimate of drug-likeness (QED) is 0.0530. The van der Waals surface area contributed by atoms with Gasteiger partial charge in [0.15, 0.2) is 0 Å². The Bertz CT molecular complexity index is 4650. The van der Waals surface area contributed by atoms with Crippen LogP contribution in [0.1, 0.15) is 240 Å². The Morgan fingerprint density at radius 2 is 0.685 bits per heavy atom. The number of nitrogens with zero attached hydrogens (tertiary/aromatic N) is 18. The zero-order valence-corrected chi connectivity index (χ0v) is 63.5. The predicted molar refractivity (Wildman–Crippen MR) is 409 cm³/mol. The van der Waals surface area contributed by atoms with Crippen LogP contribution in [0.5, 0.6) is 0 Å². The maximum absolute atomic E-state index is 13.0. The number of benzene rings is 3. The number of nitrogens with one attached hydrogen (secondary N) is 3. The first-order valence-electron chi connectivity index (χ1n) is 37.1. The molecule has 3 aliphatic rings. The van der Waals surface area contributed by atoms with Crippen LogP contribution in [-0.2, 0) is 56.7 Å². The number of aromatic nitrogens is 18. The van der Waals surface area contributed by atoms with Gasteiger partial charge in [0.25, 0.3) is 17.7 Å². The highest BCUT2D eigenvalue weighted by molar-refractivity contribution is 5.93. The predicted octanol–water partition coefficient (Wildman–Crippen LogP) is 16.2. The second-order valence-electron chi connectivity index (χ2n) is 31.3. The van der Waals surface area contributed by atoms with Crippen LogP contribution in [0.25, 0.3) is 33.8 Å². The van der Waals surface area contributed by atoms with E-state index >= 15 is 0 Å². The molecule has 0 spiro atoms. The van der Waals surface area contributed by atoms with Crippen LogP contribution in [0.4, 0.5) is 34.9 Å². The van der Waals surface area contributed by atoms with Crippen LogP contribution in [-0.4, -0.2) is 107 Å². The van der Waals surface area contributed by atoms with E-state index in [1.165, 1.54) is 33.4 Å². The van der Waals surface area contributed by atoms with E-state index in [1.54, 1.807) is 51.2 Å². The van der Waals surface area contributed by atoms with Gasteiger partial charge in [-0.2, -0.15) is 15.3 Å². The van der Waals surface area contributed by atoms with E-state index in [9.17, 15) is 14.4 Å². The van der Waals surface area contributed by atoms with Gasteiger partial charge in [-0.15, -0.1) is 30.6 Å². The van der Waals surface area contributed by atoms with Gasteiger partial charge in [0.05, 0.1) is 52.7 Å². The zero-order valence-electron chi connectivity index (χ0n) is 63.5. The summed E-state index contributed by atoms with van der Waals surface area (Å²) in [7, 11) is 5.60. The van der Waals surface area contributed by atoms with Gasteiger partial charge in [-0.1, -0.05) is 118 Å². The third-order valence-electron chi connectivity index (χ3n) is 19.4. The Labute approximate surface area is 627 Å². The van der Waals surface area contributed by atoms with E-state index in [4.69, 9.17) is 28.2 Å². The van der Waals surface area contributed by atoms with E-state index in [-0.39, 0.29) is 69.0 Å². The van der Waals surface area contributed by atoms with Crippen LogP contribution < -0.4 is 16.0 Å². The Morgan fingerprint density at radius 3 is 0.935 bits per heavy atom. The number of fused-ring (bicyclic) bond motifs is 3. The van der Waals surface area contributed by atoms with Crippen molar-refractivity contribution in [3.63, 3.8) is 0 Å². The fraction of sp³-hybridized carbons (Fsp3) is 0.407. The largest absolute Gasteiger partial charge is 0.418 e. The van der Waals surface area contributed by atoms with Gasteiger partial charge in [0.2, 0.25) is 52.9 Å². The van der Waals surface area contributed by atoms with Crippen LogP contribution >= 0.6 is 0 Å². The van der Waals surface area contributed by atoms with Crippen LogP contribution in [0.15, 0.2) is 142 Å². The Hall–Kier alpha value is -11.6. The summed E-state index contributed by atoms with van der Waals surface area (Å²) in [5, 5.41) is 46.5. The summed E-state index contributed by atoms with van der Waals surface area (Å²) in [5.41, 5.74) is 14.7. The second-order valence-corrected chi connectivity index (χ2v) is 31.3. The van der Waals surface area contributed by atoms with Crippen molar-refractivity contribution in [1.29, 1.82) is 0 Å². The van der Waals surface area contributed by atoms with Gasteiger partial charge >= 0.3 is 0 Å². The molecule has 15 rings (SSSR count). The minimum atomic E-state index is -0.286. The third-order valence-corrected chi connectivity index (χ3v) is 19.4. The number of hydrogen-bond acceptors (Lipinski definition) is 24. The molecule has 0 bridgehead atoms. The van der Waals surface area contributed by atoms with E-state index < -0.39 is 0 Å². The molecule has 3 atom stereocenters. The summed E-state index contributed by atoms with van der Waals surface area (Å²) < 4.78 is 22.3. The van der Waals surface area contributed by atoms with E-state index in [0.29, 0.717) is 54.8 Å². The van der Waals surface area contributed by atoms with Crippen LogP contribution in [0.2, 0.25) is 0 Å². The summed E-state index contributed by atoms with van der Waals surface area (Å²) >= 11 is 0. The van der Waals surface area contributed by atoms with Gasteiger partial charge in [0.1, 0.15) is 0 Å². The Kier molecular flexibility index (Phi) is 22.3. The second kappa shape index (κ2) is 32.2. The number of rotatable bonds is 18. The van der Waals surface area contributed by atoms with Crippen molar-refractivity contribution >= 4 is 52.3 Å². The Balaban J connectivity index is 0.000000143. The molecule has 558 valence electrons. The van der Waals surface area contributed by atoms with E-state index in [1.807, 2.05) is 120 Å². The maximum atomic E-state index is 13.0. The smallest absolute Gasteiger partial charge is 0.284 e. The number of ketones is 3. The van der Waals surface area contributed by atoms with Gasteiger partial charge < -0.3 is 29.2 Å². The number of carbonyl (C=O) groups excluding carboxylic acids is 3. The lowest BCUT2D eigenvalue weighted by molar-refractivity contribution is 0.0927. The number of aryl methyl sites for hydroxylation is 6. The first-order chi connectivity index (χ1) is 51.8. The lowest BCUT2D eigenvalue weighted by atomic mass is 9.87. The van der Waals surface area contributed by atoms with Crippen LogP contribution in [0, 0.1) is 0 Å². The molecule has 0 saturated carbocycles. The van der Waals surface area contributed by atoms with Crippen molar-refractivity contribution in [3.8, 4) is 33.8 Å². The fourth-order valence-corrected chi connectivity index (χ4v) is 13.8. The Morgan fingerprint density at radius 1 is 0.398 bits per heavy atom. The molecule has 27 nitrogen and oxygen atoms in total. The topological polar surface area (TPSA) is 335 Å². The zero-order chi connectivity index (χ0) is 75.9. The highest BCUT2D eigenvalue weighted by Gasteiger charge is 2.32.